The minimum Gasteiger partial charge on any atom is -0.371 e. The van der Waals surface area contributed by atoms with E-state index in [0.717, 1.165) is 25.2 Å². The van der Waals surface area contributed by atoms with E-state index in [1.165, 1.54) is 25.0 Å². The molecule has 1 saturated heterocycles. The lowest BCUT2D eigenvalue weighted by molar-refractivity contribution is 0.238. The summed E-state index contributed by atoms with van der Waals surface area (Å²) in [4.78, 5) is 2.33. The molecule has 0 saturated carbocycles. The van der Waals surface area contributed by atoms with Crippen LogP contribution in [0.4, 0.5) is 0 Å². The van der Waals surface area contributed by atoms with Crippen molar-refractivity contribution in [1.82, 2.24) is 4.90 Å². The summed E-state index contributed by atoms with van der Waals surface area (Å²) >= 11 is 0. The first kappa shape index (κ1) is 13.5. The Hall–Kier alpha value is -0.950. The molecule has 18 heavy (non-hydrogen) atoms. The van der Waals surface area contributed by atoms with Crippen LogP contribution in [0, 0.1) is 0 Å². The molecule has 1 aliphatic heterocycles. The second-order valence-corrected chi connectivity index (χ2v) is 6.07. The van der Waals surface area contributed by atoms with Gasteiger partial charge in [-0.15, -0.1) is 0 Å². The molecule has 2 N–H and O–H groups in total. The second-order valence-electron chi connectivity index (χ2n) is 4.59. The summed E-state index contributed by atoms with van der Waals surface area (Å²) in [5.41, 5.74) is -0.607. The zero-order valence-corrected chi connectivity index (χ0v) is 10.8. The fourth-order valence-corrected chi connectivity index (χ4v) is 2.66. The predicted octanol–water partition coefficient (Wildman–Crippen LogP) is 1.16. The Kier molecular flexibility index (Phi) is 4.01. The average molecular weight is 271 g/mol. The zero-order valence-electron chi connectivity index (χ0n) is 9.99. The van der Waals surface area contributed by atoms with Crippen molar-refractivity contribution < 1.29 is 18.1 Å². The number of hydrogen-bond acceptors (Lipinski definition) is 4. The minimum atomic E-state index is -4.45. The van der Waals surface area contributed by atoms with Gasteiger partial charge in [0.15, 0.2) is 0 Å². The van der Waals surface area contributed by atoms with Gasteiger partial charge in [-0.1, -0.05) is 24.3 Å². The van der Waals surface area contributed by atoms with Crippen LogP contribution in [0.3, 0.4) is 0 Å². The average Bonchev–Trinajstić information content (AvgIpc) is 2.81. The van der Waals surface area contributed by atoms with Crippen LogP contribution in [0.5, 0.6) is 0 Å². The standard InChI is InChI=1S/C12H17NO4S/c14-12(18(15,16)17)11-5-3-10(4-6-11)9-13-7-1-2-8-13/h3-6,12,14H,1-2,7-9H2,(H,15,16,17). The first-order valence-corrected chi connectivity index (χ1v) is 7.43. The molecule has 1 fully saturated rings. The maximum Gasteiger partial charge on any atom is 0.296 e. The van der Waals surface area contributed by atoms with Crippen molar-refractivity contribution in [3.8, 4) is 0 Å². The van der Waals surface area contributed by atoms with Gasteiger partial charge in [0.1, 0.15) is 0 Å². The molecule has 1 atom stereocenters. The van der Waals surface area contributed by atoms with E-state index in [9.17, 15) is 13.5 Å². The van der Waals surface area contributed by atoms with Crippen molar-refractivity contribution in [2.75, 3.05) is 13.1 Å². The second kappa shape index (κ2) is 5.36. The van der Waals surface area contributed by atoms with Crippen LogP contribution in [-0.2, 0) is 16.7 Å². The van der Waals surface area contributed by atoms with Gasteiger partial charge in [-0.2, -0.15) is 8.42 Å². The summed E-state index contributed by atoms with van der Waals surface area (Å²) in [6.07, 6.45) is 2.44. The Morgan fingerprint density at radius 3 is 2.22 bits per heavy atom. The highest BCUT2D eigenvalue weighted by molar-refractivity contribution is 7.85. The third-order valence-corrected chi connectivity index (χ3v) is 3.99. The Labute approximate surface area is 107 Å². The molecule has 1 aliphatic rings. The molecule has 1 unspecified atom stereocenters. The van der Waals surface area contributed by atoms with Crippen molar-refractivity contribution in [3.63, 3.8) is 0 Å². The van der Waals surface area contributed by atoms with E-state index in [-0.39, 0.29) is 5.56 Å². The van der Waals surface area contributed by atoms with Crippen LogP contribution < -0.4 is 0 Å². The predicted molar refractivity (Wildman–Crippen MR) is 67.5 cm³/mol. The summed E-state index contributed by atoms with van der Waals surface area (Å²) in [5.74, 6) is 0. The SMILES string of the molecule is O=S(=O)(O)C(O)c1ccc(CN2CCCC2)cc1. The molecular formula is C12H17NO4S. The van der Waals surface area contributed by atoms with E-state index >= 15 is 0 Å². The van der Waals surface area contributed by atoms with Gasteiger partial charge >= 0.3 is 0 Å². The number of benzene rings is 1. The zero-order chi connectivity index (χ0) is 13.2. The van der Waals surface area contributed by atoms with Crippen LogP contribution in [0.25, 0.3) is 0 Å². The van der Waals surface area contributed by atoms with Crippen molar-refractivity contribution in [2.24, 2.45) is 0 Å². The monoisotopic (exact) mass is 271 g/mol. The van der Waals surface area contributed by atoms with Gasteiger partial charge in [0, 0.05) is 6.54 Å². The third-order valence-electron chi connectivity index (χ3n) is 3.15. The molecule has 0 radical (unpaired) electrons. The minimum absolute atomic E-state index is 0.183. The van der Waals surface area contributed by atoms with Crippen molar-refractivity contribution in [1.29, 1.82) is 0 Å². The quantitative estimate of drug-likeness (QED) is 0.804. The van der Waals surface area contributed by atoms with E-state index in [4.69, 9.17) is 4.55 Å². The molecule has 1 heterocycles. The third kappa shape index (κ3) is 3.29. The van der Waals surface area contributed by atoms with Crippen molar-refractivity contribution >= 4 is 10.1 Å². The molecule has 1 aromatic rings. The lowest BCUT2D eigenvalue weighted by Crippen LogP contribution is -2.18. The summed E-state index contributed by atoms with van der Waals surface area (Å²) in [6.45, 7) is 3.02. The Bertz CT molecular complexity index is 491. The van der Waals surface area contributed by atoms with Crippen molar-refractivity contribution in [3.05, 3.63) is 35.4 Å². The van der Waals surface area contributed by atoms with E-state index in [1.807, 2.05) is 0 Å². The lowest BCUT2D eigenvalue weighted by atomic mass is 10.1. The van der Waals surface area contributed by atoms with Gasteiger partial charge < -0.3 is 5.11 Å². The van der Waals surface area contributed by atoms with Crippen molar-refractivity contribution in [2.45, 2.75) is 24.8 Å². The molecule has 0 amide bonds. The topological polar surface area (TPSA) is 77.8 Å². The lowest BCUT2D eigenvalue weighted by Gasteiger charge is -2.15. The molecule has 2 rings (SSSR count). The molecule has 0 bridgehead atoms. The Morgan fingerprint density at radius 1 is 1.17 bits per heavy atom. The van der Waals surface area contributed by atoms with Crippen LogP contribution >= 0.6 is 0 Å². The van der Waals surface area contributed by atoms with Crippen LogP contribution in [0.1, 0.15) is 29.4 Å². The van der Waals surface area contributed by atoms with E-state index in [2.05, 4.69) is 4.90 Å². The number of aliphatic hydroxyl groups is 1. The fraction of sp³-hybridized carbons (Fsp3) is 0.500. The van der Waals surface area contributed by atoms with Gasteiger partial charge in [0.2, 0.25) is 5.44 Å². The fourth-order valence-electron chi connectivity index (χ4n) is 2.16. The highest BCUT2D eigenvalue weighted by Gasteiger charge is 2.21. The highest BCUT2D eigenvalue weighted by atomic mass is 32.2. The van der Waals surface area contributed by atoms with Gasteiger partial charge in [-0.3, -0.25) is 9.45 Å². The molecule has 1 aromatic carbocycles. The first-order chi connectivity index (χ1) is 8.47. The smallest absolute Gasteiger partial charge is 0.296 e. The van der Waals surface area contributed by atoms with E-state index in [1.54, 1.807) is 12.1 Å². The molecule has 0 aromatic heterocycles. The first-order valence-electron chi connectivity index (χ1n) is 5.92. The molecule has 100 valence electrons. The Balaban J connectivity index is 2.05. The summed E-state index contributed by atoms with van der Waals surface area (Å²) in [6, 6.07) is 6.62. The number of nitrogens with zero attached hydrogens (tertiary/aromatic N) is 1. The molecule has 0 aliphatic carbocycles. The summed E-state index contributed by atoms with van der Waals surface area (Å²) in [7, 11) is -4.45. The van der Waals surface area contributed by atoms with Crippen LogP contribution in [0.2, 0.25) is 0 Å². The Morgan fingerprint density at radius 2 is 1.72 bits per heavy atom. The highest BCUT2D eigenvalue weighted by Crippen LogP contribution is 2.20. The number of rotatable bonds is 4. The van der Waals surface area contributed by atoms with E-state index < -0.39 is 15.6 Å². The van der Waals surface area contributed by atoms with Gasteiger partial charge in [0.25, 0.3) is 10.1 Å². The largest absolute Gasteiger partial charge is 0.371 e. The van der Waals surface area contributed by atoms with E-state index in [0.29, 0.717) is 0 Å². The summed E-state index contributed by atoms with van der Waals surface area (Å²) < 4.78 is 30.3. The van der Waals surface area contributed by atoms with Gasteiger partial charge in [-0.05, 0) is 37.1 Å². The van der Waals surface area contributed by atoms with Gasteiger partial charge in [-0.25, -0.2) is 0 Å². The maximum absolute atomic E-state index is 10.8. The van der Waals surface area contributed by atoms with Crippen LogP contribution in [0.15, 0.2) is 24.3 Å². The summed E-state index contributed by atoms with van der Waals surface area (Å²) in [5, 5.41) is 9.38. The van der Waals surface area contributed by atoms with Crippen LogP contribution in [-0.4, -0.2) is 36.1 Å². The number of likely N-dealkylation sites (tertiary alicyclic amines) is 1. The molecule has 5 nitrogen and oxygen atoms in total. The number of aliphatic hydroxyl groups excluding tert-OH is 1. The number of hydrogen-bond donors (Lipinski definition) is 2. The maximum atomic E-state index is 10.8. The molecular weight excluding hydrogens is 254 g/mol. The molecule has 6 heteroatoms. The normalized spacial score (nSPS) is 19.0. The molecule has 0 spiro atoms. The van der Waals surface area contributed by atoms with Gasteiger partial charge in [0.05, 0.1) is 0 Å².